The number of amides is 1. The molecule has 7 nitrogen and oxygen atoms in total. The second-order valence-corrected chi connectivity index (χ2v) is 8.08. The summed E-state index contributed by atoms with van der Waals surface area (Å²) >= 11 is 0. The van der Waals surface area contributed by atoms with E-state index in [1.54, 1.807) is 24.3 Å². The molecule has 2 aromatic rings. The van der Waals surface area contributed by atoms with E-state index in [2.05, 4.69) is 0 Å². The molecule has 0 radical (unpaired) electrons. The second-order valence-electron chi connectivity index (χ2n) is 6.14. The number of carbonyl (C=O) groups excluding carboxylic acids is 1. The summed E-state index contributed by atoms with van der Waals surface area (Å²) in [7, 11) is -3.81. The van der Waals surface area contributed by atoms with Gasteiger partial charge in [-0.1, -0.05) is 18.2 Å². The van der Waals surface area contributed by atoms with Crippen molar-refractivity contribution in [1.82, 2.24) is 9.21 Å². The van der Waals surface area contributed by atoms with Gasteiger partial charge >= 0.3 is 0 Å². The van der Waals surface area contributed by atoms with Crippen LogP contribution in [0.25, 0.3) is 0 Å². The molecule has 0 aromatic heterocycles. The third kappa shape index (κ3) is 4.30. The van der Waals surface area contributed by atoms with Crippen molar-refractivity contribution in [3.63, 3.8) is 0 Å². The average Bonchev–Trinajstić information content (AvgIpc) is 2.72. The van der Waals surface area contributed by atoms with E-state index >= 15 is 0 Å². The SMILES string of the molecule is N#Cc1ccccc1OCC(=O)N1CCN(S(=O)(=O)c2cccc(F)c2)CC1. The van der Waals surface area contributed by atoms with E-state index in [9.17, 15) is 17.6 Å². The predicted octanol–water partition coefficient (Wildman–Crippen LogP) is 1.61. The summed E-state index contributed by atoms with van der Waals surface area (Å²) in [5.41, 5.74) is 0.335. The Kier molecular flexibility index (Phi) is 5.92. The zero-order valence-electron chi connectivity index (χ0n) is 14.9. The van der Waals surface area contributed by atoms with E-state index in [1.807, 2.05) is 6.07 Å². The highest BCUT2D eigenvalue weighted by Gasteiger charge is 2.30. The molecular formula is C19H18FN3O4S. The van der Waals surface area contributed by atoms with Crippen molar-refractivity contribution >= 4 is 15.9 Å². The van der Waals surface area contributed by atoms with E-state index in [1.165, 1.54) is 27.4 Å². The number of ether oxygens (including phenoxy) is 1. The van der Waals surface area contributed by atoms with Crippen LogP contribution in [0.1, 0.15) is 5.56 Å². The van der Waals surface area contributed by atoms with Crippen LogP contribution in [0.15, 0.2) is 53.4 Å². The molecule has 0 spiro atoms. The minimum absolute atomic E-state index is 0.108. The maximum atomic E-state index is 13.3. The molecule has 28 heavy (non-hydrogen) atoms. The second kappa shape index (κ2) is 8.37. The lowest BCUT2D eigenvalue weighted by Gasteiger charge is -2.34. The van der Waals surface area contributed by atoms with E-state index in [0.717, 1.165) is 6.07 Å². The Bertz CT molecular complexity index is 1010. The molecule has 0 bridgehead atoms. The number of benzene rings is 2. The van der Waals surface area contributed by atoms with Gasteiger partial charge in [0.05, 0.1) is 10.5 Å². The molecule has 0 aliphatic carbocycles. The van der Waals surface area contributed by atoms with Crippen LogP contribution in [0.4, 0.5) is 4.39 Å². The van der Waals surface area contributed by atoms with Gasteiger partial charge in [0.1, 0.15) is 17.6 Å². The number of piperazine rings is 1. The zero-order chi connectivity index (χ0) is 20.1. The first-order chi connectivity index (χ1) is 13.4. The Morgan fingerprint density at radius 1 is 1.11 bits per heavy atom. The van der Waals surface area contributed by atoms with Crippen LogP contribution in [0.2, 0.25) is 0 Å². The number of nitriles is 1. The Labute approximate surface area is 162 Å². The van der Waals surface area contributed by atoms with Gasteiger partial charge in [0.25, 0.3) is 5.91 Å². The van der Waals surface area contributed by atoms with Crippen molar-refractivity contribution in [3.05, 3.63) is 59.9 Å². The molecule has 0 atom stereocenters. The molecule has 3 rings (SSSR count). The van der Waals surface area contributed by atoms with Crippen LogP contribution in [-0.2, 0) is 14.8 Å². The van der Waals surface area contributed by atoms with Crippen LogP contribution in [0.5, 0.6) is 5.75 Å². The lowest BCUT2D eigenvalue weighted by Crippen LogP contribution is -2.51. The van der Waals surface area contributed by atoms with E-state index in [-0.39, 0.29) is 43.6 Å². The number of hydrogen-bond acceptors (Lipinski definition) is 5. The summed E-state index contributed by atoms with van der Waals surface area (Å²) in [5.74, 6) is -0.592. The molecule has 1 saturated heterocycles. The minimum atomic E-state index is -3.81. The van der Waals surface area contributed by atoms with Gasteiger partial charge in [-0.2, -0.15) is 9.57 Å². The van der Waals surface area contributed by atoms with Crippen molar-refractivity contribution in [2.45, 2.75) is 4.90 Å². The number of halogens is 1. The lowest BCUT2D eigenvalue weighted by atomic mass is 10.2. The molecule has 0 N–H and O–H groups in total. The fraction of sp³-hybridized carbons (Fsp3) is 0.263. The van der Waals surface area contributed by atoms with Crippen molar-refractivity contribution in [1.29, 1.82) is 5.26 Å². The number of rotatable bonds is 5. The molecule has 1 fully saturated rings. The van der Waals surface area contributed by atoms with Crippen LogP contribution >= 0.6 is 0 Å². The fourth-order valence-corrected chi connectivity index (χ4v) is 4.32. The molecule has 146 valence electrons. The number of sulfonamides is 1. The maximum absolute atomic E-state index is 13.3. The Morgan fingerprint density at radius 2 is 1.82 bits per heavy atom. The highest BCUT2D eigenvalue weighted by atomic mass is 32.2. The first kappa shape index (κ1) is 19.8. The highest BCUT2D eigenvalue weighted by molar-refractivity contribution is 7.89. The fourth-order valence-electron chi connectivity index (χ4n) is 2.87. The van der Waals surface area contributed by atoms with E-state index < -0.39 is 15.8 Å². The first-order valence-electron chi connectivity index (χ1n) is 8.57. The van der Waals surface area contributed by atoms with Crippen LogP contribution in [-0.4, -0.2) is 56.3 Å². The average molecular weight is 403 g/mol. The molecule has 1 aliphatic rings. The lowest BCUT2D eigenvalue weighted by molar-refractivity contribution is -0.134. The van der Waals surface area contributed by atoms with Gasteiger partial charge in [-0.25, -0.2) is 12.8 Å². The van der Waals surface area contributed by atoms with Gasteiger partial charge in [-0.3, -0.25) is 4.79 Å². The summed E-state index contributed by atoms with van der Waals surface area (Å²) in [6.07, 6.45) is 0. The Balaban J connectivity index is 1.57. The van der Waals surface area contributed by atoms with Gasteiger partial charge < -0.3 is 9.64 Å². The first-order valence-corrected chi connectivity index (χ1v) is 10.0. The highest BCUT2D eigenvalue weighted by Crippen LogP contribution is 2.19. The monoisotopic (exact) mass is 403 g/mol. The summed E-state index contributed by atoms with van der Waals surface area (Å²) in [6.45, 7) is 0.390. The smallest absolute Gasteiger partial charge is 0.260 e. The van der Waals surface area contributed by atoms with E-state index in [4.69, 9.17) is 10.00 Å². The number of nitrogens with zero attached hydrogens (tertiary/aromatic N) is 3. The summed E-state index contributed by atoms with van der Waals surface area (Å²) in [4.78, 5) is 13.7. The number of carbonyl (C=O) groups is 1. The normalized spacial score (nSPS) is 15.1. The minimum Gasteiger partial charge on any atom is -0.482 e. The Morgan fingerprint density at radius 3 is 2.50 bits per heavy atom. The molecule has 9 heteroatoms. The van der Waals surface area contributed by atoms with Crippen LogP contribution in [0, 0.1) is 17.1 Å². The van der Waals surface area contributed by atoms with Gasteiger partial charge in [0.15, 0.2) is 6.61 Å². The van der Waals surface area contributed by atoms with Gasteiger partial charge in [-0.15, -0.1) is 0 Å². The molecule has 1 heterocycles. The predicted molar refractivity (Wildman–Crippen MR) is 98.4 cm³/mol. The maximum Gasteiger partial charge on any atom is 0.260 e. The van der Waals surface area contributed by atoms with E-state index in [0.29, 0.717) is 11.3 Å². The Hall–Kier alpha value is -2.96. The zero-order valence-corrected chi connectivity index (χ0v) is 15.7. The van der Waals surface area contributed by atoms with Crippen molar-refractivity contribution in [3.8, 4) is 11.8 Å². The molecule has 0 saturated carbocycles. The van der Waals surface area contributed by atoms with Gasteiger partial charge in [0.2, 0.25) is 10.0 Å². The molecule has 0 unspecified atom stereocenters. The van der Waals surface area contributed by atoms with Crippen LogP contribution < -0.4 is 4.74 Å². The van der Waals surface area contributed by atoms with Crippen molar-refractivity contribution in [2.75, 3.05) is 32.8 Å². The molecule has 1 aliphatic heterocycles. The largest absolute Gasteiger partial charge is 0.482 e. The molecular weight excluding hydrogens is 385 g/mol. The third-order valence-corrected chi connectivity index (χ3v) is 6.28. The summed E-state index contributed by atoms with van der Waals surface area (Å²) < 4.78 is 45.2. The van der Waals surface area contributed by atoms with Gasteiger partial charge in [-0.05, 0) is 30.3 Å². The number of para-hydroxylation sites is 1. The molecule has 2 aromatic carbocycles. The summed E-state index contributed by atoms with van der Waals surface area (Å²) in [5, 5.41) is 9.04. The molecule has 1 amide bonds. The quantitative estimate of drug-likeness (QED) is 0.757. The summed E-state index contributed by atoms with van der Waals surface area (Å²) in [6, 6.07) is 13.4. The number of hydrogen-bond donors (Lipinski definition) is 0. The van der Waals surface area contributed by atoms with Crippen LogP contribution in [0.3, 0.4) is 0 Å². The van der Waals surface area contributed by atoms with Crippen molar-refractivity contribution in [2.24, 2.45) is 0 Å². The topological polar surface area (TPSA) is 90.7 Å². The van der Waals surface area contributed by atoms with Crippen molar-refractivity contribution < 1.29 is 22.3 Å². The standard InChI is InChI=1S/C19H18FN3O4S/c20-16-5-3-6-17(12-16)28(25,26)23-10-8-22(9-11-23)19(24)14-27-18-7-2-1-4-15(18)13-21/h1-7,12H,8-11,14H2. The third-order valence-electron chi connectivity index (χ3n) is 4.38. The van der Waals surface area contributed by atoms with Gasteiger partial charge in [0, 0.05) is 26.2 Å².